The van der Waals surface area contributed by atoms with Crippen LogP contribution in [-0.4, -0.2) is 38.1 Å². The number of benzene rings is 1. The summed E-state index contributed by atoms with van der Waals surface area (Å²) in [7, 11) is 1.95. The van der Waals surface area contributed by atoms with Gasteiger partial charge in [0.25, 0.3) is 0 Å². The van der Waals surface area contributed by atoms with Gasteiger partial charge in [0.2, 0.25) is 0 Å². The third-order valence-corrected chi connectivity index (χ3v) is 4.01. The van der Waals surface area contributed by atoms with E-state index in [4.69, 9.17) is 10.5 Å². The molecule has 0 aliphatic carbocycles. The fourth-order valence-corrected chi connectivity index (χ4v) is 2.55. The van der Waals surface area contributed by atoms with Gasteiger partial charge < -0.3 is 15.1 Å². The topological polar surface area (TPSA) is 89.9 Å². The van der Waals surface area contributed by atoms with Crippen LogP contribution in [0.1, 0.15) is 5.56 Å². The molecule has 26 heavy (non-hydrogen) atoms. The first-order valence-corrected chi connectivity index (χ1v) is 7.66. The predicted molar refractivity (Wildman–Crippen MR) is 88.6 cm³/mol. The van der Waals surface area contributed by atoms with Crippen LogP contribution in [0.2, 0.25) is 0 Å². The molecule has 1 fully saturated rings. The summed E-state index contributed by atoms with van der Waals surface area (Å²) in [6, 6.07) is 7.99. The molecule has 6 nitrogen and oxygen atoms in total. The minimum Gasteiger partial charge on any atom is -0.367 e. The lowest BCUT2D eigenvalue weighted by Crippen LogP contribution is -2.44. The molecule has 9 heteroatoms. The lowest BCUT2D eigenvalue weighted by molar-refractivity contribution is -0.137. The Morgan fingerprint density at radius 3 is 2.15 bits per heavy atom. The van der Waals surface area contributed by atoms with Crippen molar-refractivity contribution in [3.05, 3.63) is 35.0 Å². The SMILES string of the molecule is CN1CCN(c2ccc(C(F)(F)F)cc2NC(C#N)=C(C#N)C#N)CC1. The Bertz CT molecular complexity index is 814. The Morgan fingerprint density at radius 2 is 1.65 bits per heavy atom. The van der Waals surface area contributed by atoms with Gasteiger partial charge in [-0.05, 0) is 25.2 Å². The zero-order valence-electron chi connectivity index (χ0n) is 13.9. The Hall–Kier alpha value is -3.22. The maximum Gasteiger partial charge on any atom is 0.416 e. The van der Waals surface area contributed by atoms with E-state index in [9.17, 15) is 18.4 Å². The number of nitrogens with one attached hydrogen (secondary N) is 1. The van der Waals surface area contributed by atoms with Gasteiger partial charge in [-0.25, -0.2) is 0 Å². The van der Waals surface area contributed by atoms with Gasteiger partial charge in [-0.2, -0.15) is 29.0 Å². The number of alkyl halides is 3. The molecule has 0 unspecified atom stereocenters. The summed E-state index contributed by atoms with van der Waals surface area (Å²) in [5.41, 5.74) is -1.25. The van der Waals surface area contributed by atoms with Gasteiger partial charge in [0.15, 0.2) is 5.57 Å². The summed E-state index contributed by atoms with van der Waals surface area (Å²) in [4.78, 5) is 3.99. The number of hydrogen-bond acceptors (Lipinski definition) is 6. The molecule has 0 atom stereocenters. The Balaban J connectivity index is 2.50. The smallest absolute Gasteiger partial charge is 0.367 e. The molecule has 1 N–H and O–H groups in total. The fraction of sp³-hybridized carbons (Fsp3) is 0.353. The molecule has 1 aromatic carbocycles. The maximum absolute atomic E-state index is 13.1. The van der Waals surface area contributed by atoms with Crippen LogP contribution >= 0.6 is 0 Å². The average Bonchev–Trinajstić information content (AvgIpc) is 2.61. The quantitative estimate of drug-likeness (QED) is 0.834. The number of halogens is 3. The first-order valence-electron chi connectivity index (χ1n) is 7.66. The zero-order valence-corrected chi connectivity index (χ0v) is 13.9. The monoisotopic (exact) mass is 360 g/mol. The van der Waals surface area contributed by atoms with Gasteiger partial charge >= 0.3 is 6.18 Å². The second kappa shape index (κ2) is 7.77. The molecule has 1 heterocycles. The fourth-order valence-electron chi connectivity index (χ4n) is 2.55. The molecule has 1 aliphatic heterocycles. The van der Waals surface area contributed by atoms with Gasteiger partial charge in [0, 0.05) is 26.2 Å². The van der Waals surface area contributed by atoms with Crippen molar-refractivity contribution < 1.29 is 13.2 Å². The highest BCUT2D eigenvalue weighted by molar-refractivity contribution is 5.75. The zero-order chi connectivity index (χ0) is 19.3. The largest absolute Gasteiger partial charge is 0.416 e. The second-order valence-electron chi connectivity index (χ2n) is 5.73. The molecule has 1 aliphatic rings. The molecule has 1 saturated heterocycles. The van der Waals surface area contributed by atoms with Crippen LogP contribution in [0.15, 0.2) is 29.5 Å². The van der Waals surface area contributed by atoms with Gasteiger partial charge in [0.05, 0.1) is 16.9 Å². The number of nitrogens with zero attached hydrogens (tertiary/aromatic N) is 5. The molecule has 134 valence electrons. The van der Waals surface area contributed by atoms with Crippen molar-refractivity contribution in [1.29, 1.82) is 15.8 Å². The van der Waals surface area contributed by atoms with Crippen LogP contribution in [0.4, 0.5) is 24.5 Å². The van der Waals surface area contributed by atoms with Crippen molar-refractivity contribution >= 4 is 11.4 Å². The lowest BCUT2D eigenvalue weighted by atomic mass is 10.1. The summed E-state index contributed by atoms with van der Waals surface area (Å²) >= 11 is 0. The molecule has 0 radical (unpaired) electrons. The van der Waals surface area contributed by atoms with Crippen molar-refractivity contribution in [3.63, 3.8) is 0 Å². The van der Waals surface area contributed by atoms with Crippen molar-refractivity contribution in [2.75, 3.05) is 43.4 Å². The highest BCUT2D eigenvalue weighted by Gasteiger charge is 2.32. The van der Waals surface area contributed by atoms with Crippen molar-refractivity contribution in [3.8, 4) is 18.2 Å². The van der Waals surface area contributed by atoms with Crippen molar-refractivity contribution in [2.45, 2.75) is 6.18 Å². The average molecular weight is 360 g/mol. The van der Waals surface area contributed by atoms with E-state index in [1.54, 1.807) is 18.2 Å². The summed E-state index contributed by atoms with van der Waals surface area (Å²) in [6.07, 6.45) is -4.55. The highest BCUT2D eigenvalue weighted by Crippen LogP contribution is 2.36. The van der Waals surface area contributed by atoms with E-state index >= 15 is 0 Å². The van der Waals surface area contributed by atoms with E-state index in [1.807, 2.05) is 11.9 Å². The number of rotatable bonds is 3. The number of allylic oxidation sites excluding steroid dienone is 2. The van der Waals surface area contributed by atoms with E-state index < -0.39 is 17.3 Å². The molecule has 1 aromatic rings. The molecule has 0 spiro atoms. The normalized spacial score (nSPS) is 14.7. The molecule has 0 bridgehead atoms. The molecular weight excluding hydrogens is 345 g/mol. The molecule has 2 rings (SSSR count). The minimum absolute atomic E-state index is 0.0314. The van der Waals surface area contributed by atoms with Crippen LogP contribution in [0, 0.1) is 34.0 Å². The van der Waals surface area contributed by atoms with E-state index in [-0.39, 0.29) is 11.4 Å². The number of piperazine rings is 1. The standard InChI is InChI=1S/C17H15F3N6/c1-25-4-6-26(7-5-25)16-3-2-13(17(18,19)20)8-14(16)24-15(11-23)12(9-21)10-22/h2-3,8,24H,4-7H2,1H3. The summed E-state index contributed by atoms with van der Waals surface area (Å²) < 4.78 is 39.2. The van der Waals surface area contributed by atoms with Gasteiger partial charge in [0.1, 0.15) is 23.9 Å². The first-order chi connectivity index (χ1) is 12.3. The van der Waals surface area contributed by atoms with E-state index in [0.29, 0.717) is 18.8 Å². The van der Waals surface area contributed by atoms with Gasteiger partial charge in [-0.15, -0.1) is 0 Å². The van der Waals surface area contributed by atoms with E-state index in [2.05, 4.69) is 10.2 Å². The second-order valence-corrected chi connectivity index (χ2v) is 5.73. The molecule has 0 amide bonds. The number of nitriles is 3. The molecule has 0 aromatic heterocycles. The van der Waals surface area contributed by atoms with Crippen molar-refractivity contribution in [2.24, 2.45) is 0 Å². The Morgan fingerprint density at radius 1 is 1.04 bits per heavy atom. The van der Waals surface area contributed by atoms with Crippen LogP contribution in [-0.2, 0) is 6.18 Å². The maximum atomic E-state index is 13.1. The van der Waals surface area contributed by atoms with Crippen LogP contribution in [0.3, 0.4) is 0 Å². The van der Waals surface area contributed by atoms with E-state index in [1.165, 1.54) is 6.07 Å². The third-order valence-electron chi connectivity index (χ3n) is 4.01. The van der Waals surface area contributed by atoms with Crippen LogP contribution in [0.5, 0.6) is 0 Å². The molecule has 0 saturated carbocycles. The highest BCUT2D eigenvalue weighted by atomic mass is 19.4. The van der Waals surface area contributed by atoms with Crippen LogP contribution < -0.4 is 10.2 Å². The first kappa shape index (κ1) is 19.1. The number of likely N-dealkylation sites (N-methyl/N-ethyl adjacent to an activating group) is 1. The summed E-state index contributed by atoms with van der Waals surface area (Å²) in [6.45, 7) is 2.68. The third kappa shape index (κ3) is 4.24. The summed E-state index contributed by atoms with van der Waals surface area (Å²) in [5, 5.41) is 29.5. The molecular formula is C17H15F3N6. The van der Waals surface area contributed by atoms with Gasteiger partial charge in [-0.3, -0.25) is 0 Å². The number of anilines is 2. The van der Waals surface area contributed by atoms with Crippen molar-refractivity contribution in [1.82, 2.24) is 4.90 Å². The van der Waals surface area contributed by atoms with E-state index in [0.717, 1.165) is 25.2 Å². The summed E-state index contributed by atoms with van der Waals surface area (Å²) in [5.74, 6) is 0. The lowest BCUT2D eigenvalue weighted by Gasteiger charge is -2.35. The van der Waals surface area contributed by atoms with Gasteiger partial charge in [-0.1, -0.05) is 0 Å². The minimum atomic E-state index is -4.55. The Labute approximate surface area is 148 Å². The number of hydrogen-bond donors (Lipinski definition) is 1. The van der Waals surface area contributed by atoms with Crippen LogP contribution in [0.25, 0.3) is 0 Å². The predicted octanol–water partition coefficient (Wildman–Crippen LogP) is 2.69. The Kier molecular flexibility index (Phi) is 5.71.